The lowest BCUT2D eigenvalue weighted by atomic mass is 10.2. The van der Waals surface area contributed by atoms with Gasteiger partial charge < -0.3 is 9.88 Å². The van der Waals surface area contributed by atoms with Crippen molar-refractivity contribution in [2.75, 3.05) is 6.54 Å². The summed E-state index contributed by atoms with van der Waals surface area (Å²) in [6.45, 7) is 3.42. The van der Waals surface area contributed by atoms with E-state index in [0.717, 1.165) is 24.4 Å². The topological polar surface area (TPSA) is 17.0 Å². The normalized spacial score (nSPS) is 11.8. The number of alkyl halides is 3. The van der Waals surface area contributed by atoms with Crippen LogP contribution in [0.4, 0.5) is 13.2 Å². The number of nitrogens with zero attached hydrogens (tertiary/aromatic N) is 1. The predicted molar refractivity (Wildman–Crippen MR) is 68.2 cm³/mol. The SMILES string of the molecule is CCNCc1cccn1-c1cccc(C(F)(F)F)c1. The first-order chi connectivity index (χ1) is 9.02. The zero-order valence-electron chi connectivity index (χ0n) is 10.5. The van der Waals surface area contributed by atoms with Gasteiger partial charge in [0, 0.05) is 24.1 Å². The maximum atomic E-state index is 12.7. The molecule has 5 heteroatoms. The van der Waals surface area contributed by atoms with Gasteiger partial charge in [0.2, 0.25) is 0 Å². The van der Waals surface area contributed by atoms with Crippen molar-refractivity contribution in [1.82, 2.24) is 9.88 Å². The molecular weight excluding hydrogens is 253 g/mol. The summed E-state index contributed by atoms with van der Waals surface area (Å²) < 4.78 is 39.8. The van der Waals surface area contributed by atoms with E-state index in [0.29, 0.717) is 12.2 Å². The van der Waals surface area contributed by atoms with Crippen LogP contribution in [0.2, 0.25) is 0 Å². The second-order valence-corrected chi connectivity index (χ2v) is 4.20. The van der Waals surface area contributed by atoms with Crippen molar-refractivity contribution >= 4 is 0 Å². The lowest BCUT2D eigenvalue weighted by molar-refractivity contribution is -0.137. The Morgan fingerprint density at radius 1 is 1.16 bits per heavy atom. The molecule has 102 valence electrons. The first-order valence-electron chi connectivity index (χ1n) is 6.07. The largest absolute Gasteiger partial charge is 0.416 e. The van der Waals surface area contributed by atoms with Gasteiger partial charge in [0.25, 0.3) is 0 Å². The minimum Gasteiger partial charge on any atom is -0.320 e. The van der Waals surface area contributed by atoms with Gasteiger partial charge in [0.15, 0.2) is 0 Å². The van der Waals surface area contributed by atoms with Gasteiger partial charge >= 0.3 is 6.18 Å². The second kappa shape index (κ2) is 5.48. The van der Waals surface area contributed by atoms with Crippen LogP contribution in [0.25, 0.3) is 5.69 Å². The van der Waals surface area contributed by atoms with E-state index in [1.165, 1.54) is 6.07 Å². The molecule has 0 radical (unpaired) electrons. The van der Waals surface area contributed by atoms with Crippen molar-refractivity contribution in [3.05, 3.63) is 53.9 Å². The molecule has 0 unspecified atom stereocenters. The molecule has 0 bridgehead atoms. The van der Waals surface area contributed by atoms with Crippen LogP contribution in [0.1, 0.15) is 18.2 Å². The maximum absolute atomic E-state index is 12.7. The molecule has 1 aromatic carbocycles. The lowest BCUT2D eigenvalue weighted by Crippen LogP contribution is -2.15. The minimum atomic E-state index is -4.31. The number of aromatic nitrogens is 1. The van der Waals surface area contributed by atoms with Crippen LogP contribution in [-0.4, -0.2) is 11.1 Å². The quantitative estimate of drug-likeness (QED) is 0.896. The molecule has 19 heavy (non-hydrogen) atoms. The molecule has 2 rings (SSSR count). The third kappa shape index (κ3) is 3.17. The summed E-state index contributed by atoms with van der Waals surface area (Å²) in [6, 6.07) is 9.06. The summed E-state index contributed by atoms with van der Waals surface area (Å²) in [5.74, 6) is 0. The zero-order chi connectivity index (χ0) is 13.9. The van der Waals surface area contributed by atoms with Crippen molar-refractivity contribution in [2.45, 2.75) is 19.6 Å². The van der Waals surface area contributed by atoms with Gasteiger partial charge in [-0.25, -0.2) is 0 Å². The van der Waals surface area contributed by atoms with Crippen LogP contribution in [0, 0.1) is 0 Å². The summed E-state index contributed by atoms with van der Waals surface area (Å²) in [5, 5.41) is 3.16. The van der Waals surface area contributed by atoms with Crippen LogP contribution >= 0.6 is 0 Å². The first-order valence-corrected chi connectivity index (χ1v) is 6.07. The van der Waals surface area contributed by atoms with Gasteiger partial charge in [-0.1, -0.05) is 13.0 Å². The zero-order valence-corrected chi connectivity index (χ0v) is 10.5. The van der Waals surface area contributed by atoms with E-state index in [4.69, 9.17) is 0 Å². The van der Waals surface area contributed by atoms with Crippen molar-refractivity contribution in [3.63, 3.8) is 0 Å². The molecule has 0 amide bonds. The molecule has 0 saturated heterocycles. The summed E-state index contributed by atoms with van der Waals surface area (Å²) in [6.07, 6.45) is -2.55. The Hall–Kier alpha value is -1.75. The van der Waals surface area contributed by atoms with Gasteiger partial charge in [-0.05, 0) is 36.9 Å². The predicted octanol–water partition coefficient (Wildman–Crippen LogP) is 3.61. The molecule has 1 aromatic heterocycles. The Kier molecular flexibility index (Phi) is 3.95. The molecule has 0 saturated carbocycles. The molecule has 1 N–H and O–H groups in total. The maximum Gasteiger partial charge on any atom is 0.416 e. The van der Waals surface area contributed by atoms with E-state index in [9.17, 15) is 13.2 Å². The summed E-state index contributed by atoms with van der Waals surface area (Å²) in [7, 11) is 0. The Morgan fingerprint density at radius 3 is 2.63 bits per heavy atom. The standard InChI is InChI=1S/C14H15F3N2/c1-2-18-10-13-7-4-8-19(13)12-6-3-5-11(9-12)14(15,16)17/h3-9,18H,2,10H2,1H3. The lowest BCUT2D eigenvalue weighted by Gasteiger charge is -2.12. The number of benzene rings is 1. The Labute approximate surface area is 109 Å². The fourth-order valence-corrected chi connectivity index (χ4v) is 1.90. The number of hydrogen-bond donors (Lipinski definition) is 1. The number of hydrogen-bond acceptors (Lipinski definition) is 1. The van der Waals surface area contributed by atoms with Gasteiger partial charge in [0.05, 0.1) is 5.56 Å². The van der Waals surface area contributed by atoms with Gasteiger partial charge in [-0.2, -0.15) is 13.2 Å². The third-order valence-electron chi connectivity index (χ3n) is 2.84. The molecule has 0 atom stereocenters. The van der Waals surface area contributed by atoms with E-state index >= 15 is 0 Å². The number of nitrogens with one attached hydrogen (secondary N) is 1. The number of rotatable bonds is 4. The molecule has 2 nitrogen and oxygen atoms in total. The molecule has 1 heterocycles. The van der Waals surface area contributed by atoms with Gasteiger partial charge in [0.1, 0.15) is 0 Å². The Bertz CT molecular complexity index is 544. The minimum absolute atomic E-state index is 0.521. The van der Waals surface area contributed by atoms with E-state index in [-0.39, 0.29) is 0 Å². The highest BCUT2D eigenvalue weighted by Gasteiger charge is 2.30. The molecule has 0 fully saturated rings. The monoisotopic (exact) mass is 268 g/mol. The fourth-order valence-electron chi connectivity index (χ4n) is 1.90. The van der Waals surface area contributed by atoms with E-state index in [1.54, 1.807) is 16.8 Å². The third-order valence-corrected chi connectivity index (χ3v) is 2.84. The Balaban J connectivity index is 2.34. The van der Waals surface area contributed by atoms with Crippen LogP contribution in [0.3, 0.4) is 0 Å². The highest BCUT2D eigenvalue weighted by Crippen LogP contribution is 2.30. The highest BCUT2D eigenvalue weighted by atomic mass is 19.4. The number of halogens is 3. The van der Waals surface area contributed by atoms with E-state index < -0.39 is 11.7 Å². The summed E-state index contributed by atoms with van der Waals surface area (Å²) in [5.41, 5.74) is 0.821. The van der Waals surface area contributed by atoms with Gasteiger partial charge in [-0.3, -0.25) is 0 Å². The molecule has 0 aliphatic carbocycles. The van der Waals surface area contributed by atoms with Crippen molar-refractivity contribution in [1.29, 1.82) is 0 Å². The van der Waals surface area contributed by atoms with Crippen LogP contribution in [0.5, 0.6) is 0 Å². The van der Waals surface area contributed by atoms with Gasteiger partial charge in [-0.15, -0.1) is 0 Å². The van der Waals surface area contributed by atoms with E-state index in [1.807, 2.05) is 19.1 Å². The highest BCUT2D eigenvalue weighted by molar-refractivity contribution is 5.39. The van der Waals surface area contributed by atoms with Crippen molar-refractivity contribution in [3.8, 4) is 5.69 Å². The molecular formula is C14H15F3N2. The summed E-state index contributed by atoms with van der Waals surface area (Å²) >= 11 is 0. The van der Waals surface area contributed by atoms with Crippen LogP contribution in [-0.2, 0) is 12.7 Å². The van der Waals surface area contributed by atoms with E-state index in [2.05, 4.69) is 5.32 Å². The second-order valence-electron chi connectivity index (χ2n) is 4.20. The fraction of sp³-hybridized carbons (Fsp3) is 0.286. The summed E-state index contributed by atoms with van der Waals surface area (Å²) in [4.78, 5) is 0. The molecule has 0 spiro atoms. The average Bonchev–Trinajstić information content (AvgIpc) is 2.83. The first kappa shape index (κ1) is 13.7. The molecule has 0 aliphatic rings. The molecule has 0 aliphatic heterocycles. The van der Waals surface area contributed by atoms with Crippen molar-refractivity contribution < 1.29 is 13.2 Å². The van der Waals surface area contributed by atoms with Crippen molar-refractivity contribution in [2.24, 2.45) is 0 Å². The van der Waals surface area contributed by atoms with Crippen LogP contribution < -0.4 is 5.32 Å². The average molecular weight is 268 g/mol. The Morgan fingerprint density at radius 2 is 1.95 bits per heavy atom. The smallest absolute Gasteiger partial charge is 0.320 e. The molecule has 2 aromatic rings. The van der Waals surface area contributed by atoms with Crippen LogP contribution in [0.15, 0.2) is 42.6 Å².